The van der Waals surface area contributed by atoms with Gasteiger partial charge in [-0.2, -0.15) is 0 Å². The van der Waals surface area contributed by atoms with E-state index in [0.29, 0.717) is 17.3 Å². The molecule has 1 saturated heterocycles. The smallest absolute Gasteiger partial charge is 0.262 e. The van der Waals surface area contributed by atoms with Crippen LogP contribution in [0, 0.1) is 0 Å². The van der Waals surface area contributed by atoms with Crippen molar-refractivity contribution in [3.05, 3.63) is 17.0 Å². The highest BCUT2D eigenvalue weighted by Crippen LogP contribution is 2.21. The number of hydrazine groups is 1. The highest BCUT2D eigenvalue weighted by Gasteiger charge is 2.22. The summed E-state index contributed by atoms with van der Waals surface area (Å²) < 4.78 is 25.1. The summed E-state index contributed by atoms with van der Waals surface area (Å²) in [5.74, 6) is 0. The number of hydrogen-bond acceptors (Lipinski definition) is 6. The number of likely N-dealkylation sites (N-methyl/N-ethyl adjacent to an activating group) is 1. The molecule has 0 aromatic carbocycles. The number of piperazine rings is 1. The minimum Gasteiger partial charge on any atom is -0.312 e. The Morgan fingerprint density at radius 1 is 1.24 bits per heavy atom. The van der Waals surface area contributed by atoms with Crippen molar-refractivity contribution in [2.75, 3.05) is 39.8 Å². The van der Waals surface area contributed by atoms with Crippen LogP contribution in [0.3, 0.4) is 0 Å². The quantitative estimate of drug-likeness (QED) is 0.719. The molecule has 0 aliphatic carbocycles. The van der Waals surface area contributed by atoms with Crippen LogP contribution in [0.25, 0.3) is 0 Å². The van der Waals surface area contributed by atoms with Crippen LogP contribution in [-0.4, -0.2) is 58.1 Å². The minimum atomic E-state index is -3.44. The van der Waals surface area contributed by atoms with Crippen molar-refractivity contribution < 1.29 is 8.42 Å². The standard InChI is InChI=1S/C13H24N4O2S2/c1-3-6-14-11-12-4-5-13(20-12)21(18,19)15-17-9-7-16(2)8-10-17/h4-5,14-15H,3,6-11H2,1-2H3. The van der Waals surface area contributed by atoms with Crippen molar-refractivity contribution in [2.24, 2.45) is 0 Å². The molecule has 2 rings (SSSR count). The molecule has 2 N–H and O–H groups in total. The molecular formula is C13H24N4O2S2. The Morgan fingerprint density at radius 2 is 1.95 bits per heavy atom. The van der Waals surface area contributed by atoms with E-state index in [1.165, 1.54) is 11.3 Å². The largest absolute Gasteiger partial charge is 0.312 e. The first-order chi connectivity index (χ1) is 10.0. The van der Waals surface area contributed by atoms with E-state index in [0.717, 1.165) is 37.5 Å². The Balaban J connectivity index is 1.93. The van der Waals surface area contributed by atoms with Crippen LogP contribution in [0.15, 0.2) is 16.3 Å². The van der Waals surface area contributed by atoms with E-state index in [1.807, 2.05) is 13.1 Å². The van der Waals surface area contributed by atoms with Gasteiger partial charge in [-0.25, -0.2) is 13.4 Å². The molecule has 0 saturated carbocycles. The molecule has 0 spiro atoms. The Morgan fingerprint density at radius 3 is 2.62 bits per heavy atom. The van der Waals surface area contributed by atoms with Gasteiger partial charge in [0.15, 0.2) is 0 Å². The Hall–Kier alpha value is -0.510. The second-order valence-electron chi connectivity index (χ2n) is 5.28. The highest BCUT2D eigenvalue weighted by molar-refractivity contribution is 7.91. The lowest BCUT2D eigenvalue weighted by Crippen LogP contribution is -2.52. The van der Waals surface area contributed by atoms with E-state index in [9.17, 15) is 8.42 Å². The molecule has 2 heterocycles. The Labute approximate surface area is 131 Å². The lowest BCUT2D eigenvalue weighted by Gasteiger charge is -2.31. The predicted molar refractivity (Wildman–Crippen MR) is 85.7 cm³/mol. The SMILES string of the molecule is CCCNCc1ccc(S(=O)(=O)NN2CCN(C)CC2)s1. The number of sulfonamides is 1. The molecule has 1 aliphatic rings. The van der Waals surface area contributed by atoms with Crippen LogP contribution < -0.4 is 10.1 Å². The average molecular weight is 332 g/mol. The zero-order valence-corrected chi connectivity index (χ0v) is 14.3. The summed E-state index contributed by atoms with van der Waals surface area (Å²) in [6.07, 6.45) is 1.07. The van der Waals surface area contributed by atoms with Crippen LogP contribution >= 0.6 is 11.3 Å². The first-order valence-electron chi connectivity index (χ1n) is 7.26. The zero-order valence-electron chi connectivity index (χ0n) is 12.6. The van der Waals surface area contributed by atoms with E-state index in [2.05, 4.69) is 22.0 Å². The fourth-order valence-electron chi connectivity index (χ4n) is 2.10. The number of thiophene rings is 1. The van der Waals surface area contributed by atoms with Crippen molar-refractivity contribution in [1.29, 1.82) is 0 Å². The lowest BCUT2D eigenvalue weighted by molar-refractivity contribution is 0.135. The van der Waals surface area contributed by atoms with Gasteiger partial charge in [0, 0.05) is 37.6 Å². The molecule has 0 atom stereocenters. The third-order valence-corrected chi connectivity index (χ3v) is 6.33. The number of rotatable bonds is 7. The van der Waals surface area contributed by atoms with Crippen LogP contribution in [0.5, 0.6) is 0 Å². The Kier molecular flexibility index (Phi) is 6.15. The van der Waals surface area contributed by atoms with E-state index in [-0.39, 0.29) is 0 Å². The molecule has 8 heteroatoms. The molecule has 1 aromatic rings. The van der Waals surface area contributed by atoms with Crippen LogP contribution in [-0.2, 0) is 16.6 Å². The lowest BCUT2D eigenvalue weighted by atomic mass is 10.4. The van der Waals surface area contributed by atoms with Crippen LogP contribution in [0.4, 0.5) is 0 Å². The third kappa shape index (κ3) is 5.01. The molecule has 0 bridgehead atoms. The van der Waals surface area contributed by atoms with Crippen molar-refractivity contribution in [3.63, 3.8) is 0 Å². The molecular weight excluding hydrogens is 308 g/mol. The van der Waals surface area contributed by atoms with Gasteiger partial charge in [0.05, 0.1) is 0 Å². The number of nitrogens with one attached hydrogen (secondary N) is 2. The summed E-state index contributed by atoms with van der Waals surface area (Å²) in [6, 6.07) is 3.57. The summed E-state index contributed by atoms with van der Waals surface area (Å²) in [6.45, 7) is 6.95. The van der Waals surface area contributed by atoms with E-state index >= 15 is 0 Å². The topological polar surface area (TPSA) is 64.7 Å². The van der Waals surface area contributed by atoms with Crippen molar-refractivity contribution in [1.82, 2.24) is 20.1 Å². The summed E-state index contributed by atoms with van der Waals surface area (Å²) in [4.78, 5) is 5.91. The molecule has 1 aromatic heterocycles. The summed E-state index contributed by atoms with van der Waals surface area (Å²) >= 11 is 1.33. The average Bonchev–Trinajstić information content (AvgIpc) is 2.91. The van der Waals surface area contributed by atoms with E-state index < -0.39 is 10.0 Å². The molecule has 1 fully saturated rings. The van der Waals surface area contributed by atoms with Gasteiger partial charge in [0.25, 0.3) is 10.0 Å². The summed E-state index contributed by atoms with van der Waals surface area (Å²) in [5.41, 5.74) is 0. The summed E-state index contributed by atoms with van der Waals surface area (Å²) in [5, 5.41) is 5.06. The van der Waals surface area contributed by atoms with Crippen molar-refractivity contribution in [2.45, 2.75) is 24.1 Å². The van der Waals surface area contributed by atoms with Gasteiger partial charge >= 0.3 is 0 Å². The van der Waals surface area contributed by atoms with Crippen LogP contribution in [0.1, 0.15) is 18.2 Å². The molecule has 6 nitrogen and oxygen atoms in total. The van der Waals surface area contributed by atoms with Crippen LogP contribution in [0.2, 0.25) is 0 Å². The van der Waals surface area contributed by atoms with Gasteiger partial charge in [0.2, 0.25) is 0 Å². The molecule has 120 valence electrons. The maximum atomic E-state index is 12.3. The molecule has 21 heavy (non-hydrogen) atoms. The fraction of sp³-hybridized carbons (Fsp3) is 0.692. The molecule has 1 aliphatic heterocycles. The van der Waals surface area contributed by atoms with E-state index in [4.69, 9.17) is 0 Å². The van der Waals surface area contributed by atoms with Gasteiger partial charge in [-0.05, 0) is 32.1 Å². The molecule has 0 radical (unpaired) electrons. The normalized spacial score (nSPS) is 18.2. The maximum absolute atomic E-state index is 12.3. The van der Waals surface area contributed by atoms with Crippen molar-refractivity contribution >= 4 is 21.4 Å². The predicted octanol–water partition coefficient (Wildman–Crippen LogP) is 0.688. The minimum absolute atomic E-state index is 0.384. The molecule has 0 amide bonds. The van der Waals surface area contributed by atoms with Gasteiger partial charge < -0.3 is 10.2 Å². The first kappa shape index (κ1) is 16.9. The highest BCUT2D eigenvalue weighted by atomic mass is 32.2. The number of nitrogens with zero attached hydrogens (tertiary/aromatic N) is 2. The monoisotopic (exact) mass is 332 g/mol. The second-order valence-corrected chi connectivity index (χ2v) is 8.34. The first-order valence-corrected chi connectivity index (χ1v) is 9.56. The fourth-order valence-corrected chi connectivity index (χ4v) is 4.53. The third-order valence-electron chi connectivity index (χ3n) is 3.38. The van der Waals surface area contributed by atoms with Gasteiger partial charge in [-0.3, -0.25) is 0 Å². The van der Waals surface area contributed by atoms with Gasteiger partial charge in [-0.15, -0.1) is 16.2 Å². The summed E-state index contributed by atoms with van der Waals surface area (Å²) in [7, 11) is -1.40. The van der Waals surface area contributed by atoms with E-state index in [1.54, 1.807) is 11.1 Å². The second kappa shape index (κ2) is 7.66. The number of hydrogen-bond donors (Lipinski definition) is 2. The zero-order chi connectivity index (χ0) is 15.3. The van der Waals surface area contributed by atoms with Crippen molar-refractivity contribution in [3.8, 4) is 0 Å². The maximum Gasteiger partial charge on any atom is 0.262 e. The Bertz CT molecular complexity index is 536. The molecule has 0 unspecified atom stereocenters. The van der Waals surface area contributed by atoms with Gasteiger partial charge in [-0.1, -0.05) is 6.92 Å². The van der Waals surface area contributed by atoms with Gasteiger partial charge in [0.1, 0.15) is 4.21 Å².